The quantitative estimate of drug-likeness (QED) is 0.873. The average Bonchev–Trinajstić information content (AvgIpc) is 3.34. The van der Waals surface area contributed by atoms with E-state index in [9.17, 15) is 4.79 Å². The Labute approximate surface area is 142 Å². The van der Waals surface area contributed by atoms with Gasteiger partial charge in [-0.1, -0.05) is 41.9 Å². The average molecular weight is 329 g/mol. The van der Waals surface area contributed by atoms with Crippen LogP contribution in [-0.4, -0.2) is 23.9 Å². The van der Waals surface area contributed by atoms with Gasteiger partial charge in [0.15, 0.2) is 0 Å². The summed E-state index contributed by atoms with van der Waals surface area (Å²) in [4.78, 5) is 14.2. The summed E-state index contributed by atoms with van der Waals surface area (Å²) in [7, 11) is 2.07. The van der Waals surface area contributed by atoms with Crippen LogP contribution in [0.2, 0.25) is 5.02 Å². The molecule has 2 aromatic carbocycles. The summed E-state index contributed by atoms with van der Waals surface area (Å²) in [6.07, 6.45) is 2.22. The standard InChI is InChI=1S/C19H21ClN2O/c1-22(13-16-4-2-3-5-18(16)20)12-14-6-8-15(9-7-14)19(23)21-17-10-11-17/h2-9,17H,10-13H2,1H3,(H,21,23). The highest BCUT2D eigenvalue weighted by atomic mass is 35.5. The molecule has 1 amide bonds. The molecule has 0 aliphatic heterocycles. The fraction of sp³-hybridized carbons (Fsp3) is 0.316. The number of nitrogens with zero attached hydrogens (tertiary/aromatic N) is 1. The van der Waals surface area contributed by atoms with Crippen molar-refractivity contribution in [2.24, 2.45) is 0 Å². The fourth-order valence-electron chi connectivity index (χ4n) is 2.54. The Morgan fingerprint density at radius 2 is 1.83 bits per heavy atom. The van der Waals surface area contributed by atoms with E-state index < -0.39 is 0 Å². The lowest BCUT2D eigenvalue weighted by atomic mass is 10.1. The van der Waals surface area contributed by atoms with Crippen LogP contribution in [0.5, 0.6) is 0 Å². The van der Waals surface area contributed by atoms with Crippen molar-refractivity contribution < 1.29 is 4.79 Å². The van der Waals surface area contributed by atoms with E-state index in [4.69, 9.17) is 11.6 Å². The van der Waals surface area contributed by atoms with E-state index in [2.05, 4.69) is 17.3 Å². The number of carbonyl (C=O) groups excluding carboxylic acids is 1. The fourth-order valence-corrected chi connectivity index (χ4v) is 2.74. The molecule has 1 saturated carbocycles. The van der Waals surface area contributed by atoms with Gasteiger partial charge in [0, 0.05) is 29.7 Å². The first-order valence-corrected chi connectivity index (χ1v) is 8.31. The summed E-state index contributed by atoms with van der Waals surface area (Å²) in [6, 6.07) is 16.1. The molecule has 1 aliphatic rings. The molecular formula is C19H21ClN2O. The number of hydrogen-bond acceptors (Lipinski definition) is 2. The minimum atomic E-state index is 0.0310. The summed E-state index contributed by atoms with van der Waals surface area (Å²) >= 11 is 6.20. The van der Waals surface area contributed by atoms with Gasteiger partial charge >= 0.3 is 0 Å². The second-order valence-electron chi connectivity index (χ2n) is 6.21. The molecule has 0 atom stereocenters. The lowest BCUT2D eigenvalue weighted by molar-refractivity contribution is 0.0951. The zero-order chi connectivity index (χ0) is 16.2. The van der Waals surface area contributed by atoms with Crippen molar-refractivity contribution in [2.45, 2.75) is 32.0 Å². The molecule has 0 radical (unpaired) electrons. The van der Waals surface area contributed by atoms with Gasteiger partial charge in [0.25, 0.3) is 5.91 Å². The lowest BCUT2D eigenvalue weighted by Crippen LogP contribution is -2.25. The maximum absolute atomic E-state index is 12.0. The highest BCUT2D eigenvalue weighted by molar-refractivity contribution is 6.31. The van der Waals surface area contributed by atoms with Gasteiger partial charge in [0.05, 0.1) is 0 Å². The third-order valence-electron chi connectivity index (χ3n) is 3.98. The second kappa shape index (κ2) is 7.16. The van der Waals surface area contributed by atoms with Gasteiger partial charge in [-0.25, -0.2) is 0 Å². The van der Waals surface area contributed by atoms with Crippen LogP contribution in [0.25, 0.3) is 0 Å². The van der Waals surface area contributed by atoms with Gasteiger partial charge in [-0.15, -0.1) is 0 Å². The zero-order valence-electron chi connectivity index (χ0n) is 13.3. The minimum Gasteiger partial charge on any atom is -0.349 e. The Hall–Kier alpha value is -1.84. The van der Waals surface area contributed by atoms with Crippen molar-refractivity contribution in [1.82, 2.24) is 10.2 Å². The minimum absolute atomic E-state index is 0.0310. The molecule has 0 bridgehead atoms. The first-order chi connectivity index (χ1) is 11.1. The summed E-state index contributed by atoms with van der Waals surface area (Å²) < 4.78 is 0. The van der Waals surface area contributed by atoms with Crippen LogP contribution in [0.1, 0.15) is 34.3 Å². The molecule has 2 aromatic rings. The monoisotopic (exact) mass is 328 g/mol. The smallest absolute Gasteiger partial charge is 0.251 e. The maximum Gasteiger partial charge on any atom is 0.251 e. The molecule has 1 aliphatic carbocycles. The zero-order valence-corrected chi connectivity index (χ0v) is 14.0. The predicted molar refractivity (Wildman–Crippen MR) is 93.6 cm³/mol. The normalized spacial score (nSPS) is 14.0. The van der Waals surface area contributed by atoms with E-state index in [0.717, 1.165) is 42.1 Å². The lowest BCUT2D eigenvalue weighted by Gasteiger charge is -2.17. The number of benzene rings is 2. The van der Waals surface area contributed by atoms with Crippen molar-refractivity contribution in [2.75, 3.05) is 7.05 Å². The van der Waals surface area contributed by atoms with E-state index in [1.807, 2.05) is 48.5 Å². The Kier molecular flexibility index (Phi) is 4.99. The third kappa shape index (κ3) is 4.57. The summed E-state index contributed by atoms with van der Waals surface area (Å²) in [6.45, 7) is 1.61. The van der Waals surface area contributed by atoms with Crippen LogP contribution in [0, 0.1) is 0 Å². The van der Waals surface area contributed by atoms with Gasteiger partial charge in [-0.3, -0.25) is 9.69 Å². The molecule has 0 spiro atoms. The van der Waals surface area contributed by atoms with Crippen LogP contribution >= 0.6 is 11.6 Å². The molecule has 0 aromatic heterocycles. The number of hydrogen-bond donors (Lipinski definition) is 1. The molecule has 4 heteroatoms. The maximum atomic E-state index is 12.0. The molecule has 1 fully saturated rings. The van der Waals surface area contributed by atoms with Crippen LogP contribution in [-0.2, 0) is 13.1 Å². The highest BCUT2D eigenvalue weighted by Crippen LogP contribution is 2.20. The molecule has 3 nitrogen and oxygen atoms in total. The molecule has 3 rings (SSSR count). The third-order valence-corrected chi connectivity index (χ3v) is 4.35. The van der Waals surface area contributed by atoms with Crippen molar-refractivity contribution in [1.29, 1.82) is 0 Å². The van der Waals surface area contributed by atoms with Crippen molar-refractivity contribution in [3.05, 3.63) is 70.2 Å². The van der Waals surface area contributed by atoms with Gasteiger partial charge in [-0.05, 0) is 49.2 Å². The summed E-state index contributed by atoms with van der Waals surface area (Å²) in [5.41, 5.74) is 3.04. The molecule has 23 heavy (non-hydrogen) atoms. The Morgan fingerprint density at radius 3 is 2.48 bits per heavy atom. The molecule has 1 N–H and O–H groups in total. The summed E-state index contributed by atoms with van der Waals surface area (Å²) in [5, 5.41) is 3.80. The van der Waals surface area contributed by atoms with Crippen LogP contribution in [0.15, 0.2) is 48.5 Å². The van der Waals surface area contributed by atoms with Crippen LogP contribution in [0.4, 0.5) is 0 Å². The Balaban J connectivity index is 1.57. The number of halogens is 1. The number of nitrogens with one attached hydrogen (secondary N) is 1. The molecule has 0 saturated heterocycles. The van der Waals surface area contributed by atoms with Crippen molar-refractivity contribution >= 4 is 17.5 Å². The first kappa shape index (κ1) is 16.0. The molecule has 120 valence electrons. The van der Waals surface area contributed by atoms with E-state index >= 15 is 0 Å². The number of rotatable bonds is 6. The van der Waals surface area contributed by atoms with E-state index in [1.54, 1.807) is 0 Å². The summed E-state index contributed by atoms with van der Waals surface area (Å²) in [5.74, 6) is 0.0310. The van der Waals surface area contributed by atoms with Gasteiger partial charge in [0.1, 0.15) is 0 Å². The van der Waals surface area contributed by atoms with Crippen molar-refractivity contribution in [3.63, 3.8) is 0 Å². The Bertz CT molecular complexity index is 680. The number of carbonyl (C=O) groups is 1. The van der Waals surface area contributed by atoms with E-state index in [0.29, 0.717) is 6.04 Å². The van der Waals surface area contributed by atoms with Crippen LogP contribution < -0.4 is 5.32 Å². The molecule has 0 unspecified atom stereocenters. The molecular weight excluding hydrogens is 308 g/mol. The van der Waals surface area contributed by atoms with E-state index in [-0.39, 0.29) is 5.91 Å². The number of amides is 1. The SMILES string of the molecule is CN(Cc1ccc(C(=O)NC2CC2)cc1)Cc1ccccc1Cl. The van der Waals surface area contributed by atoms with Gasteiger partial charge < -0.3 is 5.32 Å². The Morgan fingerprint density at radius 1 is 1.13 bits per heavy atom. The first-order valence-electron chi connectivity index (χ1n) is 7.93. The van der Waals surface area contributed by atoms with Gasteiger partial charge in [-0.2, -0.15) is 0 Å². The van der Waals surface area contributed by atoms with E-state index in [1.165, 1.54) is 5.56 Å². The van der Waals surface area contributed by atoms with Crippen molar-refractivity contribution in [3.8, 4) is 0 Å². The molecule has 0 heterocycles. The predicted octanol–water partition coefficient (Wildman–Crippen LogP) is 3.86. The van der Waals surface area contributed by atoms with Crippen LogP contribution in [0.3, 0.4) is 0 Å². The topological polar surface area (TPSA) is 32.3 Å². The second-order valence-corrected chi connectivity index (χ2v) is 6.62. The largest absolute Gasteiger partial charge is 0.349 e. The van der Waals surface area contributed by atoms with Gasteiger partial charge in [0.2, 0.25) is 0 Å². The highest BCUT2D eigenvalue weighted by Gasteiger charge is 2.23.